The van der Waals surface area contributed by atoms with E-state index in [1.807, 2.05) is 17.8 Å². The van der Waals surface area contributed by atoms with E-state index in [0.717, 1.165) is 51.6 Å². The molecular weight excluding hydrogens is 246 g/mol. The molecule has 0 aromatic carbocycles. The lowest BCUT2D eigenvalue weighted by molar-refractivity contribution is 0.0794. The van der Waals surface area contributed by atoms with Gasteiger partial charge in [0.05, 0.1) is 6.54 Å². The largest absolute Gasteiger partial charge is 0.381 e. The lowest BCUT2D eigenvalue weighted by Crippen LogP contribution is -2.41. The molecule has 1 saturated heterocycles. The first-order valence-corrected chi connectivity index (χ1v) is 7.75. The highest BCUT2D eigenvalue weighted by Gasteiger charge is 2.31. The van der Waals surface area contributed by atoms with E-state index in [9.17, 15) is 0 Å². The van der Waals surface area contributed by atoms with Gasteiger partial charge in [0, 0.05) is 31.1 Å². The minimum absolute atomic E-state index is 0.245. The molecule has 0 saturated carbocycles. The molecular formula is C13H25N3OS. The van der Waals surface area contributed by atoms with Gasteiger partial charge in [-0.05, 0) is 26.0 Å². The van der Waals surface area contributed by atoms with E-state index in [1.54, 1.807) is 0 Å². The predicted octanol–water partition coefficient (Wildman–Crippen LogP) is 1.64. The van der Waals surface area contributed by atoms with E-state index in [0.29, 0.717) is 0 Å². The van der Waals surface area contributed by atoms with Gasteiger partial charge < -0.3 is 15.4 Å². The topological polar surface area (TPSA) is 45.7 Å². The first kappa shape index (κ1) is 15.4. The average molecular weight is 271 g/mol. The minimum atomic E-state index is 0.245. The summed E-state index contributed by atoms with van der Waals surface area (Å²) in [6.07, 6.45) is 6.17. The van der Waals surface area contributed by atoms with Crippen LogP contribution in [0.2, 0.25) is 0 Å². The molecule has 0 bridgehead atoms. The second-order valence-electron chi connectivity index (χ2n) is 4.36. The summed E-state index contributed by atoms with van der Waals surface area (Å²) in [5, 5.41) is 6.48. The van der Waals surface area contributed by atoms with E-state index in [-0.39, 0.29) is 4.75 Å². The number of ether oxygens (including phenoxy) is 1. The monoisotopic (exact) mass is 271 g/mol. The number of guanidine groups is 1. The molecule has 0 amide bonds. The van der Waals surface area contributed by atoms with Crippen LogP contribution in [0.5, 0.6) is 0 Å². The van der Waals surface area contributed by atoms with Gasteiger partial charge >= 0.3 is 0 Å². The van der Waals surface area contributed by atoms with Crippen LogP contribution in [0.3, 0.4) is 0 Å². The Hall–Kier alpha value is -0.680. The molecule has 0 atom stereocenters. The van der Waals surface area contributed by atoms with Gasteiger partial charge in [-0.15, -0.1) is 6.58 Å². The number of thioether (sulfide) groups is 1. The maximum Gasteiger partial charge on any atom is 0.191 e. The van der Waals surface area contributed by atoms with Gasteiger partial charge in [-0.3, -0.25) is 4.99 Å². The highest BCUT2D eigenvalue weighted by molar-refractivity contribution is 8.00. The Morgan fingerprint density at radius 3 is 2.72 bits per heavy atom. The van der Waals surface area contributed by atoms with Crippen molar-refractivity contribution in [2.24, 2.45) is 4.99 Å². The summed E-state index contributed by atoms with van der Waals surface area (Å²) in [6.45, 7) is 9.94. The molecule has 4 nitrogen and oxygen atoms in total. The molecule has 0 aromatic rings. The molecule has 0 radical (unpaired) electrons. The van der Waals surface area contributed by atoms with Crippen molar-refractivity contribution in [2.45, 2.75) is 24.5 Å². The van der Waals surface area contributed by atoms with Crippen molar-refractivity contribution in [3.8, 4) is 0 Å². The molecule has 2 N–H and O–H groups in total. The van der Waals surface area contributed by atoms with E-state index in [1.165, 1.54) is 0 Å². The summed E-state index contributed by atoms with van der Waals surface area (Å²) in [5.41, 5.74) is 0. The first-order chi connectivity index (χ1) is 8.76. The van der Waals surface area contributed by atoms with Gasteiger partial charge in [-0.25, -0.2) is 0 Å². The van der Waals surface area contributed by atoms with E-state index < -0.39 is 0 Å². The number of rotatable bonds is 6. The van der Waals surface area contributed by atoms with Crippen LogP contribution in [-0.2, 0) is 4.74 Å². The van der Waals surface area contributed by atoms with Crippen LogP contribution < -0.4 is 10.6 Å². The summed E-state index contributed by atoms with van der Waals surface area (Å²) in [5.74, 6) is 0.873. The fourth-order valence-electron chi connectivity index (χ4n) is 1.90. The van der Waals surface area contributed by atoms with E-state index >= 15 is 0 Å². The van der Waals surface area contributed by atoms with Gasteiger partial charge in [0.15, 0.2) is 5.96 Å². The molecule has 0 aliphatic carbocycles. The average Bonchev–Trinajstić information content (AvgIpc) is 2.43. The van der Waals surface area contributed by atoms with Crippen LogP contribution in [0, 0.1) is 0 Å². The minimum Gasteiger partial charge on any atom is -0.381 e. The summed E-state index contributed by atoms with van der Waals surface area (Å²) in [4.78, 5) is 4.69. The Balaban J connectivity index is 2.57. The molecule has 0 spiro atoms. The summed E-state index contributed by atoms with van der Waals surface area (Å²) < 4.78 is 5.68. The zero-order chi connectivity index (χ0) is 13.3. The zero-order valence-electron chi connectivity index (χ0n) is 11.5. The van der Waals surface area contributed by atoms with Crippen LogP contribution in [0.1, 0.15) is 19.8 Å². The van der Waals surface area contributed by atoms with Crippen molar-refractivity contribution < 1.29 is 4.74 Å². The number of nitrogens with one attached hydrogen (secondary N) is 2. The number of hydrogen-bond acceptors (Lipinski definition) is 3. The van der Waals surface area contributed by atoms with Gasteiger partial charge in [0.1, 0.15) is 0 Å². The summed E-state index contributed by atoms with van der Waals surface area (Å²) in [7, 11) is 0. The molecule has 5 heteroatoms. The maximum absolute atomic E-state index is 5.44. The van der Waals surface area contributed by atoms with Crippen molar-refractivity contribution in [1.29, 1.82) is 0 Å². The Kier molecular flexibility index (Phi) is 7.20. The molecule has 1 aliphatic heterocycles. The van der Waals surface area contributed by atoms with Crippen molar-refractivity contribution in [3.05, 3.63) is 12.7 Å². The van der Waals surface area contributed by atoms with Crippen LogP contribution in [0.25, 0.3) is 0 Å². The van der Waals surface area contributed by atoms with Crippen molar-refractivity contribution >= 4 is 17.7 Å². The molecule has 1 aliphatic rings. The lowest BCUT2D eigenvalue weighted by Gasteiger charge is -2.34. The third kappa shape index (κ3) is 4.90. The second-order valence-corrected chi connectivity index (χ2v) is 5.64. The summed E-state index contributed by atoms with van der Waals surface area (Å²) >= 11 is 1.91. The van der Waals surface area contributed by atoms with Crippen LogP contribution in [0.4, 0.5) is 0 Å². The number of hydrogen-bond donors (Lipinski definition) is 2. The highest BCUT2D eigenvalue weighted by atomic mass is 32.2. The SMILES string of the molecule is C=CCNC(=NCC1(SC)CCOCC1)NCC. The van der Waals surface area contributed by atoms with Crippen LogP contribution in [0.15, 0.2) is 17.6 Å². The van der Waals surface area contributed by atoms with Gasteiger partial charge in [0.25, 0.3) is 0 Å². The standard InChI is InChI=1S/C13H25N3OS/c1-4-8-15-12(14-5-2)16-11-13(18-3)6-9-17-10-7-13/h4H,1,5-11H2,2-3H3,(H2,14,15,16). The summed E-state index contributed by atoms with van der Waals surface area (Å²) in [6, 6.07) is 0. The van der Waals surface area contributed by atoms with Crippen molar-refractivity contribution in [1.82, 2.24) is 10.6 Å². The Morgan fingerprint density at radius 1 is 1.44 bits per heavy atom. The third-order valence-corrected chi connectivity index (χ3v) is 4.52. The lowest BCUT2D eigenvalue weighted by atomic mass is 9.99. The van der Waals surface area contributed by atoms with Crippen LogP contribution in [-0.4, -0.2) is 49.8 Å². The quantitative estimate of drug-likeness (QED) is 0.438. The smallest absolute Gasteiger partial charge is 0.191 e. The van der Waals surface area contributed by atoms with Gasteiger partial charge in [0.2, 0.25) is 0 Å². The Labute approximate surface area is 115 Å². The van der Waals surface area contributed by atoms with Gasteiger partial charge in [-0.2, -0.15) is 11.8 Å². The van der Waals surface area contributed by atoms with E-state index in [2.05, 4.69) is 35.4 Å². The third-order valence-electron chi connectivity index (χ3n) is 3.12. The molecule has 0 aromatic heterocycles. The number of nitrogens with zero attached hydrogens (tertiary/aromatic N) is 1. The fraction of sp³-hybridized carbons (Fsp3) is 0.769. The Morgan fingerprint density at radius 2 is 2.17 bits per heavy atom. The van der Waals surface area contributed by atoms with Crippen molar-refractivity contribution in [3.63, 3.8) is 0 Å². The molecule has 1 rings (SSSR count). The number of aliphatic imine (C=N–C) groups is 1. The van der Waals surface area contributed by atoms with Crippen LogP contribution >= 0.6 is 11.8 Å². The predicted molar refractivity (Wildman–Crippen MR) is 80.5 cm³/mol. The zero-order valence-corrected chi connectivity index (χ0v) is 12.3. The molecule has 104 valence electrons. The van der Waals surface area contributed by atoms with Crippen molar-refractivity contribution in [2.75, 3.05) is 39.1 Å². The maximum atomic E-state index is 5.44. The Bertz CT molecular complexity index is 275. The van der Waals surface area contributed by atoms with Gasteiger partial charge in [-0.1, -0.05) is 6.08 Å². The highest BCUT2D eigenvalue weighted by Crippen LogP contribution is 2.33. The molecule has 0 unspecified atom stereocenters. The normalized spacial score (nSPS) is 19.3. The molecule has 18 heavy (non-hydrogen) atoms. The molecule has 1 fully saturated rings. The first-order valence-electron chi connectivity index (χ1n) is 6.52. The second kappa shape index (κ2) is 8.43. The molecule has 1 heterocycles. The van der Waals surface area contributed by atoms with E-state index in [4.69, 9.17) is 4.74 Å². The fourth-order valence-corrected chi connectivity index (χ4v) is 2.67.